The predicted molar refractivity (Wildman–Crippen MR) is 214 cm³/mol. The van der Waals surface area contributed by atoms with Gasteiger partial charge >= 0.3 is 5.97 Å². The lowest BCUT2D eigenvalue weighted by Gasteiger charge is -2.49. The smallest absolute Gasteiger partial charge is 0.303 e. The van der Waals surface area contributed by atoms with Crippen LogP contribution < -0.4 is 0 Å². The molecule has 18 heteroatoms. The Bertz CT molecular complexity index is 1780. The van der Waals surface area contributed by atoms with Crippen molar-refractivity contribution in [3.63, 3.8) is 0 Å². The van der Waals surface area contributed by atoms with Gasteiger partial charge < -0.3 is 80.5 Å². The molecule has 63 heavy (non-hydrogen) atoms. The molecule has 18 nitrogen and oxygen atoms in total. The van der Waals surface area contributed by atoms with Crippen LogP contribution in [-0.2, 0) is 91.9 Å². The van der Waals surface area contributed by atoms with Gasteiger partial charge in [-0.15, -0.1) is 0 Å². The number of fused-ring (bicyclic) bond motifs is 4. The molecule has 8 saturated heterocycles. The third kappa shape index (κ3) is 9.36. The molecule has 0 unspecified atom stereocenters. The number of hydrogen-bond donors (Lipinski definition) is 0. The van der Waals surface area contributed by atoms with E-state index in [1.54, 1.807) is 13.8 Å². The van der Waals surface area contributed by atoms with E-state index in [1.165, 1.54) is 6.92 Å². The average Bonchev–Trinajstić information content (AvgIpc) is 3.91. The molecule has 8 fully saturated rings. The van der Waals surface area contributed by atoms with Crippen LogP contribution in [0.1, 0.15) is 95.6 Å². The minimum Gasteiger partial charge on any atom is -0.454 e. The molecule has 0 aromatic heterocycles. The van der Waals surface area contributed by atoms with E-state index >= 15 is 0 Å². The molecule has 9 rings (SSSR count). The zero-order chi connectivity index (χ0) is 45.0. The number of carbonyl (C=O) groups excluding carboxylic acids is 1. The zero-order valence-electron chi connectivity index (χ0n) is 38.5. The lowest BCUT2D eigenvalue weighted by atomic mass is 9.96. The van der Waals surface area contributed by atoms with E-state index in [2.05, 4.69) is 0 Å². The molecule has 8 aliphatic heterocycles. The van der Waals surface area contributed by atoms with E-state index in [0.717, 1.165) is 5.56 Å². The summed E-state index contributed by atoms with van der Waals surface area (Å²) < 4.78 is 112. The number of esters is 1. The molecule has 354 valence electrons. The van der Waals surface area contributed by atoms with Crippen molar-refractivity contribution in [2.75, 3.05) is 0 Å². The molecule has 0 aliphatic carbocycles. The number of rotatable bonds is 10. The maximum absolute atomic E-state index is 12.7. The Hall–Kier alpha value is -1.95. The zero-order valence-corrected chi connectivity index (χ0v) is 38.5. The van der Waals surface area contributed by atoms with Crippen LogP contribution in [0.25, 0.3) is 0 Å². The van der Waals surface area contributed by atoms with Crippen LogP contribution in [0.15, 0.2) is 30.3 Å². The SMILES string of the molecule is CC(=O)O[C@@H]1[C@H](O[C@@H]2[C@@H](O[C@@H]3[C@H](O[C@@H]4[C@H](OCc5ccccc5)O[C@@H](C)[C@H]5OC(C)(C)O[C@@H]45)O[C@@H](C)[C@H]4OC(C)(C)O[C@@H]34)O[C@@H](C)[C@H]3OC(C)(C)O[C@@H]23)O[C@@H](C)[C@H]2OC(C)(C)O[C@@H]12. The maximum Gasteiger partial charge on any atom is 0.303 e. The Kier molecular flexibility index (Phi) is 12.4. The number of hydrogen-bond acceptors (Lipinski definition) is 18. The molecule has 0 N–H and O–H groups in total. The lowest BCUT2D eigenvalue weighted by molar-refractivity contribution is -0.389. The highest BCUT2D eigenvalue weighted by molar-refractivity contribution is 5.66. The lowest BCUT2D eigenvalue weighted by Crippen LogP contribution is -2.66. The Morgan fingerprint density at radius 2 is 0.762 bits per heavy atom. The van der Waals surface area contributed by atoms with E-state index < -0.39 is 152 Å². The molecule has 0 saturated carbocycles. The first-order valence-corrected chi connectivity index (χ1v) is 22.4. The molecule has 0 bridgehead atoms. The van der Waals surface area contributed by atoms with Crippen molar-refractivity contribution in [1.29, 1.82) is 0 Å². The summed E-state index contributed by atoms with van der Waals surface area (Å²) >= 11 is 0. The molecule has 0 radical (unpaired) electrons. The molecular formula is C45H66O18. The van der Waals surface area contributed by atoms with Crippen LogP contribution >= 0.6 is 0 Å². The first-order valence-electron chi connectivity index (χ1n) is 22.4. The van der Waals surface area contributed by atoms with Gasteiger partial charge in [0.05, 0.1) is 31.0 Å². The van der Waals surface area contributed by atoms with Crippen molar-refractivity contribution in [3.8, 4) is 0 Å². The van der Waals surface area contributed by atoms with Gasteiger partial charge in [0.15, 0.2) is 54.4 Å². The highest BCUT2D eigenvalue weighted by atomic mass is 16.8. The van der Waals surface area contributed by atoms with Crippen molar-refractivity contribution < 1.29 is 85.3 Å². The van der Waals surface area contributed by atoms with E-state index in [4.69, 9.17) is 80.5 Å². The number of ether oxygens (including phenoxy) is 17. The molecule has 0 spiro atoms. The van der Waals surface area contributed by atoms with E-state index in [9.17, 15) is 4.79 Å². The third-order valence-corrected chi connectivity index (χ3v) is 12.7. The molecule has 1 aromatic rings. The summed E-state index contributed by atoms with van der Waals surface area (Å²) in [5.41, 5.74) is 0.955. The fraction of sp³-hybridized carbons (Fsp3) is 0.844. The largest absolute Gasteiger partial charge is 0.454 e. The van der Waals surface area contributed by atoms with Gasteiger partial charge in [0.2, 0.25) is 0 Å². The van der Waals surface area contributed by atoms with Crippen molar-refractivity contribution >= 4 is 5.97 Å². The van der Waals surface area contributed by atoms with Crippen LogP contribution in [0.4, 0.5) is 0 Å². The van der Waals surface area contributed by atoms with Gasteiger partial charge in [-0.05, 0) is 88.6 Å². The normalized spacial score (nSPS) is 47.9. The summed E-state index contributed by atoms with van der Waals surface area (Å²) in [6.07, 6.45) is -15.3. The van der Waals surface area contributed by atoms with Crippen LogP contribution in [0.5, 0.6) is 0 Å². The molecule has 8 aliphatic rings. The summed E-state index contributed by atoms with van der Waals surface area (Å²) in [6, 6.07) is 9.81. The predicted octanol–water partition coefficient (Wildman–Crippen LogP) is 4.35. The van der Waals surface area contributed by atoms with Gasteiger partial charge in [-0.25, -0.2) is 0 Å². The fourth-order valence-corrected chi connectivity index (χ4v) is 10.2. The topological polar surface area (TPSA) is 174 Å². The highest BCUT2D eigenvalue weighted by Gasteiger charge is 2.64. The second-order valence-electron chi connectivity index (χ2n) is 19.8. The molecule has 20 atom stereocenters. The van der Waals surface area contributed by atoms with Gasteiger partial charge in [-0.2, -0.15) is 0 Å². The molecule has 8 heterocycles. The standard InChI is InChI=1S/C45H66O18/c1-20-26-30(60-42(6,7)56-26)34(38(48-20)47-19-25-17-15-14-16-18-25)53-40-36(32-28(22(3)50-40)58-44(10,11)62-32)55-41-37(33-29(23(4)51-41)59-45(12,13)63-33)54-39-35(52-24(5)46)31-27(21(2)49-39)57-43(8,9)61-31/h14-18,20-23,26-41H,19H2,1-13H3/t20-,21-,22-,23-,26+,27+,28+,29+,30+,31+,32+,33+,34-,35-,36-,37-,38+,39-,40-,41+/m0/s1. The Balaban J connectivity index is 1.05. The average molecular weight is 895 g/mol. The van der Waals surface area contributed by atoms with E-state index in [0.29, 0.717) is 0 Å². The quantitative estimate of drug-likeness (QED) is 0.303. The monoisotopic (exact) mass is 894 g/mol. The molecular weight excluding hydrogens is 828 g/mol. The van der Waals surface area contributed by atoms with Crippen molar-refractivity contribution in [2.24, 2.45) is 0 Å². The van der Waals surface area contributed by atoms with Crippen LogP contribution in [-0.4, -0.2) is 152 Å². The second kappa shape index (κ2) is 17.0. The van der Waals surface area contributed by atoms with Crippen LogP contribution in [0, 0.1) is 0 Å². The van der Waals surface area contributed by atoms with Crippen LogP contribution in [0.2, 0.25) is 0 Å². The Labute approximate surface area is 369 Å². The van der Waals surface area contributed by atoms with Gasteiger partial charge in [0.1, 0.15) is 67.1 Å². The summed E-state index contributed by atoms with van der Waals surface area (Å²) in [7, 11) is 0. The molecule has 0 amide bonds. The van der Waals surface area contributed by atoms with E-state index in [1.807, 2.05) is 99.6 Å². The first kappa shape index (κ1) is 46.2. The van der Waals surface area contributed by atoms with Gasteiger partial charge in [-0.3, -0.25) is 4.79 Å². The minimum atomic E-state index is -1.18. The number of benzene rings is 1. The van der Waals surface area contributed by atoms with Crippen LogP contribution in [0.3, 0.4) is 0 Å². The van der Waals surface area contributed by atoms with E-state index in [-0.39, 0.29) is 6.61 Å². The fourth-order valence-electron chi connectivity index (χ4n) is 10.2. The summed E-state index contributed by atoms with van der Waals surface area (Å²) in [5.74, 6) is -4.46. The van der Waals surface area contributed by atoms with Gasteiger partial charge in [-0.1, -0.05) is 30.3 Å². The maximum atomic E-state index is 12.7. The van der Waals surface area contributed by atoms with Gasteiger partial charge in [0.25, 0.3) is 0 Å². The third-order valence-electron chi connectivity index (χ3n) is 12.7. The van der Waals surface area contributed by atoms with Crippen molar-refractivity contribution in [1.82, 2.24) is 0 Å². The Morgan fingerprint density at radius 3 is 1.13 bits per heavy atom. The minimum absolute atomic E-state index is 0.248. The summed E-state index contributed by atoms with van der Waals surface area (Å²) in [6.45, 7) is 23.8. The van der Waals surface area contributed by atoms with Gasteiger partial charge in [0, 0.05) is 6.92 Å². The summed E-state index contributed by atoms with van der Waals surface area (Å²) in [5, 5.41) is 0. The molecule has 1 aromatic carbocycles. The van der Waals surface area contributed by atoms with Crippen molar-refractivity contribution in [2.45, 2.75) is 243 Å². The second-order valence-corrected chi connectivity index (χ2v) is 19.8. The first-order chi connectivity index (χ1) is 29.6. The summed E-state index contributed by atoms with van der Waals surface area (Å²) in [4.78, 5) is 12.7. The van der Waals surface area contributed by atoms with Crippen molar-refractivity contribution in [3.05, 3.63) is 35.9 Å². The highest BCUT2D eigenvalue weighted by Crippen LogP contribution is 2.47. The Morgan fingerprint density at radius 1 is 0.460 bits per heavy atom. The number of carbonyl (C=O) groups is 1.